The zero-order valence-electron chi connectivity index (χ0n) is 4.94. The minimum Gasteiger partial charge on any atom is -0.321 e. The van der Waals surface area contributed by atoms with Gasteiger partial charge in [0.1, 0.15) is 0 Å². The molecule has 0 aromatic rings. The molecule has 42 valence electrons. The molecule has 0 saturated carbocycles. The number of carbonyl (C=O) groups is 1. The van der Waals surface area contributed by atoms with Crippen LogP contribution < -0.4 is 0 Å². The number of rotatable bonds is 0. The van der Waals surface area contributed by atoms with Crippen molar-refractivity contribution in [3.8, 4) is 0 Å². The first-order valence-corrected chi connectivity index (χ1v) is 4.62. The van der Waals surface area contributed by atoms with Gasteiger partial charge in [-0.15, -0.1) is 0 Å². The standard InChI is InChI=1S/C5H8O.Al.Si.H/c1-2-3-4-5-6;;;/h1-4H2;;;. The molecule has 0 aromatic carbocycles. The normalized spacial score (nSPS) is 18.8. The maximum Gasteiger partial charge on any atom is 0.342 e. The van der Waals surface area contributed by atoms with Crippen molar-refractivity contribution in [3.63, 3.8) is 0 Å². The van der Waals surface area contributed by atoms with Gasteiger partial charge in [0.15, 0.2) is 0 Å². The highest BCUT2D eigenvalue weighted by molar-refractivity contribution is 6.74. The maximum absolute atomic E-state index is 10.5. The van der Waals surface area contributed by atoms with Crippen molar-refractivity contribution in [2.75, 3.05) is 0 Å². The Morgan fingerprint density at radius 2 is 2.12 bits per heavy atom. The Bertz CT molecular complexity index is 76.5. The molecule has 0 atom stereocenters. The molecule has 8 heavy (non-hydrogen) atoms. The molecule has 1 aliphatic heterocycles. The monoisotopic (exact) mass is 140 g/mol. The fourth-order valence-corrected chi connectivity index (χ4v) is 2.44. The summed E-state index contributed by atoms with van der Waals surface area (Å²) in [6, 6.07) is 0. The predicted octanol–water partition coefficient (Wildman–Crippen LogP) is 0.171. The molecule has 0 N–H and O–H groups in total. The molecule has 0 aliphatic carbocycles. The summed E-state index contributed by atoms with van der Waals surface area (Å²) >= 11 is -0.206. The fourth-order valence-electron chi connectivity index (χ4n) is 0.946. The first kappa shape index (κ1) is 8.42. The highest BCUT2D eigenvalue weighted by Crippen LogP contribution is 2.06. The van der Waals surface area contributed by atoms with Crippen LogP contribution in [0.25, 0.3) is 0 Å². The summed E-state index contributed by atoms with van der Waals surface area (Å²) in [6.45, 7) is 0. The van der Waals surface area contributed by atoms with Crippen LogP contribution in [0.5, 0.6) is 0 Å². The van der Waals surface area contributed by atoms with Gasteiger partial charge < -0.3 is 4.79 Å². The molecule has 4 radical (unpaired) electrons. The van der Waals surface area contributed by atoms with E-state index in [0.717, 1.165) is 6.42 Å². The number of hydrogen-bond acceptors (Lipinski definition) is 1. The Labute approximate surface area is 60.6 Å². The van der Waals surface area contributed by atoms with E-state index in [4.69, 9.17) is 0 Å². The molecule has 1 saturated heterocycles. The maximum atomic E-state index is 10.5. The molecular weight excluding hydrogens is 131 g/mol. The van der Waals surface area contributed by atoms with E-state index in [2.05, 4.69) is 0 Å². The fraction of sp³-hybridized carbons (Fsp3) is 0.800. The molecule has 1 aliphatic rings. The van der Waals surface area contributed by atoms with Crippen LogP contribution in [-0.4, -0.2) is 30.8 Å². The Balaban J connectivity index is 0.000000490. The SMILES string of the molecule is O=[C]1CCC[CH2][AlH]1.[Si]. The second kappa shape index (κ2) is 4.31. The molecular formula is C5H9AlOSi. The van der Waals surface area contributed by atoms with Gasteiger partial charge in [-0.1, -0.05) is 11.7 Å². The molecule has 1 rings (SSSR count). The van der Waals surface area contributed by atoms with Crippen LogP contribution in [-0.2, 0) is 4.79 Å². The first-order chi connectivity index (χ1) is 3.39. The molecule has 0 spiro atoms. The summed E-state index contributed by atoms with van der Waals surface area (Å²) in [5, 5.41) is 1.28. The zero-order chi connectivity index (χ0) is 5.11. The Morgan fingerprint density at radius 1 is 1.38 bits per heavy atom. The van der Waals surface area contributed by atoms with E-state index in [1.165, 1.54) is 18.1 Å². The third kappa shape index (κ3) is 2.66. The number of hydrogen-bond donors (Lipinski definition) is 0. The Morgan fingerprint density at radius 3 is 2.38 bits per heavy atom. The Kier molecular flexibility index (Phi) is 4.54. The minimum atomic E-state index is -0.206. The van der Waals surface area contributed by atoms with Crippen molar-refractivity contribution in [3.05, 3.63) is 0 Å². The topological polar surface area (TPSA) is 17.1 Å². The minimum absolute atomic E-state index is 0. The quantitative estimate of drug-likeness (QED) is 0.438. The van der Waals surface area contributed by atoms with Crippen LogP contribution in [0.1, 0.15) is 19.3 Å². The second-order valence-electron chi connectivity index (χ2n) is 2.10. The summed E-state index contributed by atoms with van der Waals surface area (Å²) in [4.78, 5) is 10.5. The van der Waals surface area contributed by atoms with Gasteiger partial charge in [-0.3, -0.25) is 0 Å². The van der Waals surface area contributed by atoms with Gasteiger partial charge in [0.25, 0.3) is 0 Å². The summed E-state index contributed by atoms with van der Waals surface area (Å²) in [6.07, 6.45) is 3.41. The van der Waals surface area contributed by atoms with Crippen molar-refractivity contribution in [2.45, 2.75) is 24.5 Å². The van der Waals surface area contributed by atoms with Crippen LogP contribution in [0.2, 0.25) is 5.28 Å². The van der Waals surface area contributed by atoms with Crippen molar-refractivity contribution >= 4 is 30.8 Å². The largest absolute Gasteiger partial charge is 0.342 e. The molecule has 1 nitrogen and oxygen atoms in total. The highest BCUT2D eigenvalue weighted by atomic mass is 28.1. The first-order valence-electron chi connectivity index (χ1n) is 2.91. The summed E-state index contributed by atoms with van der Waals surface area (Å²) in [7, 11) is 0. The molecule has 3 heteroatoms. The van der Waals surface area contributed by atoms with Gasteiger partial charge in [-0.25, -0.2) is 0 Å². The lowest BCUT2D eigenvalue weighted by Gasteiger charge is -2.03. The molecule has 0 amide bonds. The van der Waals surface area contributed by atoms with Crippen molar-refractivity contribution in [1.29, 1.82) is 0 Å². The van der Waals surface area contributed by atoms with Crippen LogP contribution in [0, 0.1) is 0 Å². The summed E-state index contributed by atoms with van der Waals surface area (Å²) in [5.74, 6) is 0. The molecule has 1 heterocycles. The lowest BCUT2D eigenvalue weighted by molar-refractivity contribution is -0.112. The Hall–Kier alpha value is 0.419. The molecule has 0 unspecified atom stereocenters. The summed E-state index contributed by atoms with van der Waals surface area (Å²) in [5.41, 5.74) is 0. The van der Waals surface area contributed by atoms with E-state index in [-0.39, 0.29) is 26.2 Å². The predicted molar refractivity (Wildman–Crippen MR) is 36.6 cm³/mol. The lowest BCUT2D eigenvalue weighted by atomic mass is 10.3. The van der Waals surface area contributed by atoms with E-state index in [1.807, 2.05) is 0 Å². The van der Waals surface area contributed by atoms with Crippen molar-refractivity contribution in [1.82, 2.24) is 0 Å². The van der Waals surface area contributed by atoms with Crippen LogP contribution in [0.3, 0.4) is 0 Å². The van der Waals surface area contributed by atoms with E-state index in [1.54, 1.807) is 0 Å². The van der Waals surface area contributed by atoms with Crippen molar-refractivity contribution in [2.24, 2.45) is 0 Å². The summed E-state index contributed by atoms with van der Waals surface area (Å²) < 4.78 is 0.603. The highest BCUT2D eigenvalue weighted by Gasteiger charge is 2.09. The van der Waals surface area contributed by atoms with Gasteiger partial charge in [-0.05, 0) is 12.8 Å². The van der Waals surface area contributed by atoms with E-state index in [9.17, 15) is 4.79 Å². The van der Waals surface area contributed by atoms with Gasteiger partial charge in [0.05, 0.1) is 0 Å². The number of carbonyl (C=O) groups excluding carboxylic acids is 1. The molecule has 1 fully saturated rings. The van der Waals surface area contributed by atoms with E-state index >= 15 is 0 Å². The van der Waals surface area contributed by atoms with Crippen LogP contribution in [0.15, 0.2) is 0 Å². The zero-order valence-corrected chi connectivity index (χ0v) is 7.36. The van der Waals surface area contributed by atoms with Crippen LogP contribution in [0.4, 0.5) is 0 Å². The van der Waals surface area contributed by atoms with Crippen molar-refractivity contribution < 1.29 is 4.79 Å². The van der Waals surface area contributed by atoms with Gasteiger partial charge >= 0.3 is 15.2 Å². The third-order valence-corrected chi connectivity index (χ3v) is 3.18. The molecule has 0 bridgehead atoms. The smallest absolute Gasteiger partial charge is 0.321 e. The van der Waals surface area contributed by atoms with Gasteiger partial charge in [0, 0.05) is 15.6 Å². The average Bonchev–Trinajstić information content (AvgIpc) is 1.69. The third-order valence-electron chi connectivity index (χ3n) is 1.41. The average molecular weight is 140 g/mol. The second-order valence-corrected chi connectivity index (χ2v) is 4.10. The molecule has 0 aromatic heterocycles. The van der Waals surface area contributed by atoms with E-state index < -0.39 is 0 Å². The lowest BCUT2D eigenvalue weighted by Crippen LogP contribution is -2.12. The van der Waals surface area contributed by atoms with E-state index in [0.29, 0.717) is 4.65 Å². The van der Waals surface area contributed by atoms with Gasteiger partial charge in [0.2, 0.25) is 0 Å². The van der Waals surface area contributed by atoms with Crippen LogP contribution >= 0.6 is 0 Å². The van der Waals surface area contributed by atoms with Gasteiger partial charge in [-0.2, -0.15) is 0 Å².